The summed E-state index contributed by atoms with van der Waals surface area (Å²) >= 11 is 3.37. The van der Waals surface area contributed by atoms with E-state index in [2.05, 4.69) is 21.1 Å². The second-order valence-corrected chi connectivity index (χ2v) is 3.79. The Kier molecular flexibility index (Phi) is 5.11. The molecule has 0 unspecified atom stereocenters. The lowest BCUT2D eigenvalue weighted by atomic mass is 10.2. The summed E-state index contributed by atoms with van der Waals surface area (Å²) in [6.45, 7) is 4.93. The Morgan fingerprint density at radius 3 is 2.31 bits per heavy atom. The third-order valence-corrected chi connectivity index (χ3v) is 2.55. The van der Waals surface area contributed by atoms with Crippen molar-refractivity contribution in [3.8, 4) is 11.5 Å². The van der Waals surface area contributed by atoms with E-state index in [9.17, 15) is 0 Å². The molecule has 0 spiro atoms. The molecular formula is C11H14BrNO3. The minimum absolute atomic E-state index is 0.553. The van der Waals surface area contributed by atoms with E-state index in [1.54, 1.807) is 12.1 Å². The van der Waals surface area contributed by atoms with E-state index in [1.165, 1.54) is 6.21 Å². The zero-order chi connectivity index (χ0) is 12.0. The first-order valence-corrected chi connectivity index (χ1v) is 5.78. The predicted octanol–water partition coefficient (Wildman–Crippen LogP) is 3.05. The SMILES string of the molecule is CCOc1cc(Br)c(/C=N/O)cc1OCC. The van der Waals surface area contributed by atoms with Crippen molar-refractivity contribution in [1.82, 2.24) is 0 Å². The molecule has 0 radical (unpaired) electrons. The molecule has 1 aromatic carbocycles. The van der Waals surface area contributed by atoms with Crippen molar-refractivity contribution in [3.63, 3.8) is 0 Å². The first-order chi connectivity index (χ1) is 7.72. The average Bonchev–Trinajstić information content (AvgIpc) is 2.25. The molecule has 88 valence electrons. The van der Waals surface area contributed by atoms with Crippen molar-refractivity contribution >= 4 is 22.1 Å². The Morgan fingerprint density at radius 2 is 1.81 bits per heavy atom. The van der Waals surface area contributed by atoms with E-state index in [1.807, 2.05) is 13.8 Å². The summed E-state index contributed by atoms with van der Waals surface area (Å²) < 4.78 is 11.7. The van der Waals surface area contributed by atoms with Gasteiger partial charge in [-0.25, -0.2) is 0 Å². The van der Waals surface area contributed by atoms with E-state index in [-0.39, 0.29) is 0 Å². The molecule has 0 amide bonds. The maximum atomic E-state index is 8.51. The number of rotatable bonds is 5. The van der Waals surface area contributed by atoms with Gasteiger partial charge in [0.05, 0.1) is 19.4 Å². The molecule has 0 heterocycles. The van der Waals surface area contributed by atoms with Gasteiger partial charge in [-0.2, -0.15) is 0 Å². The van der Waals surface area contributed by atoms with Gasteiger partial charge in [-0.3, -0.25) is 0 Å². The second-order valence-electron chi connectivity index (χ2n) is 2.93. The Hall–Kier alpha value is -1.23. The normalized spacial score (nSPS) is 10.7. The van der Waals surface area contributed by atoms with Crippen molar-refractivity contribution in [2.45, 2.75) is 13.8 Å². The van der Waals surface area contributed by atoms with Crippen LogP contribution in [0.15, 0.2) is 21.8 Å². The fourth-order valence-electron chi connectivity index (χ4n) is 1.25. The molecule has 1 rings (SSSR count). The molecule has 4 nitrogen and oxygen atoms in total. The molecule has 1 N–H and O–H groups in total. The number of hydrogen-bond donors (Lipinski definition) is 1. The van der Waals surface area contributed by atoms with Gasteiger partial charge in [0, 0.05) is 10.0 Å². The van der Waals surface area contributed by atoms with Crippen LogP contribution in [0.2, 0.25) is 0 Å². The molecule has 0 atom stereocenters. The van der Waals surface area contributed by atoms with E-state index in [0.717, 1.165) is 10.0 Å². The van der Waals surface area contributed by atoms with Crippen molar-refractivity contribution in [1.29, 1.82) is 0 Å². The van der Waals surface area contributed by atoms with Gasteiger partial charge in [0.1, 0.15) is 0 Å². The summed E-state index contributed by atoms with van der Waals surface area (Å²) in [5.74, 6) is 1.31. The highest BCUT2D eigenvalue weighted by Crippen LogP contribution is 2.33. The molecule has 16 heavy (non-hydrogen) atoms. The van der Waals surface area contributed by atoms with Crippen LogP contribution in [0.1, 0.15) is 19.4 Å². The Labute approximate surface area is 103 Å². The molecule has 0 aliphatic carbocycles. The largest absolute Gasteiger partial charge is 0.490 e. The van der Waals surface area contributed by atoms with Crippen LogP contribution in [-0.2, 0) is 0 Å². The van der Waals surface area contributed by atoms with Crippen LogP contribution in [0.4, 0.5) is 0 Å². The van der Waals surface area contributed by atoms with Crippen LogP contribution >= 0.6 is 15.9 Å². The van der Waals surface area contributed by atoms with Crippen molar-refractivity contribution in [3.05, 3.63) is 22.2 Å². The monoisotopic (exact) mass is 287 g/mol. The van der Waals surface area contributed by atoms with Gasteiger partial charge in [-0.15, -0.1) is 0 Å². The van der Waals surface area contributed by atoms with Gasteiger partial charge in [0.15, 0.2) is 11.5 Å². The van der Waals surface area contributed by atoms with Gasteiger partial charge in [-0.05, 0) is 41.9 Å². The van der Waals surface area contributed by atoms with Crippen LogP contribution < -0.4 is 9.47 Å². The number of ether oxygens (including phenoxy) is 2. The molecular weight excluding hydrogens is 274 g/mol. The van der Waals surface area contributed by atoms with Gasteiger partial charge >= 0.3 is 0 Å². The third-order valence-electron chi connectivity index (χ3n) is 1.86. The highest BCUT2D eigenvalue weighted by atomic mass is 79.9. The average molecular weight is 288 g/mol. The van der Waals surface area contributed by atoms with Crippen LogP contribution in [0.3, 0.4) is 0 Å². The molecule has 0 aliphatic heterocycles. The molecule has 5 heteroatoms. The summed E-state index contributed by atoms with van der Waals surface area (Å²) in [6.07, 6.45) is 1.34. The molecule has 1 aromatic rings. The van der Waals surface area contributed by atoms with Gasteiger partial charge in [-0.1, -0.05) is 5.16 Å². The number of oxime groups is 1. The minimum atomic E-state index is 0.553. The lowest BCUT2D eigenvalue weighted by Gasteiger charge is -2.12. The van der Waals surface area contributed by atoms with Crippen LogP contribution in [0, 0.1) is 0 Å². The molecule has 0 saturated heterocycles. The third kappa shape index (κ3) is 3.13. The molecule has 0 aliphatic rings. The summed E-state index contributed by atoms with van der Waals surface area (Å²) in [5, 5.41) is 11.5. The fourth-order valence-corrected chi connectivity index (χ4v) is 1.67. The lowest BCUT2D eigenvalue weighted by Crippen LogP contribution is -2.00. The Bertz CT molecular complexity index is 380. The van der Waals surface area contributed by atoms with Crippen molar-refractivity contribution in [2.75, 3.05) is 13.2 Å². The fraction of sp³-hybridized carbons (Fsp3) is 0.364. The number of hydrogen-bond acceptors (Lipinski definition) is 4. The molecule has 0 saturated carbocycles. The van der Waals surface area contributed by atoms with E-state index in [0.29, 0.717) is 24.7 Å². The number of benzene rings is 1. The van der Waals surface area contributed by atoms with Crippen molar-refractivity contribution < 1.29 is 14.7 Å². The predicted molar refractivity (Wildman–Crippen MR) is 65.9 cm³/mol. The highest BCUT2D eigenvalue weighted by molar-refractivity contribution is 9.10. The molecule has 0 bridgehead atoms. The molecule has 0 fully saturated rings. The summed E-state index contributed by atoms with van der Waals surface area (Å²) in [4.78, 5) is 0. The Morgan fingerprint density at radius 1 is 1.25 bits per heavy atom. The smallest absolute Gasteiger partial charge is 0.162 e. The Balaban J connectivity index is 3.13. The number of nitrogens with zero attached hydrogens (tertiary/aromatic N) is 1. The standard InChI is InChI=1S/C11H14BrNO3/c1-3-15-10-5-8(7-13-14)9(12)6-11(10)16-4-2/h5-7,14H,3-4H2,1-2H3/b13-7+. The first kappa shape index (κ1) is 12.8. The maximum Gasteiger partial charge on any atom is 0.162 e. The number of halogens is 1. The zero-order valence-corrected chi connectivity index (χ0v) is 10.8. The topological polar surface area (TPSA) is 51.0 Å². The summed E-state index contributed by atoms with van der Waals surface area (Å²) in [6, 6.07) is 3.56. The lowest BCUT2D eigenvalue weighted by molar-refractivity contribution is 0.287. The van der Waals surface area contributed by atoms with Crippen LogP contribution in [-0.4, -0.2) is 24.6 Å². The quantitative estimate of drug-likeness (QED) is 0.514. The van der Waals surface area contributed by atoms with Gasteiger partial charge in [0.2, 0.25) is 0 Å². The second kappa shape index (κ2) is 6.37. The highest BCUT2D eigenvalue weighted by Gasteiger charge is 2.09. The minimum Gasteiger partial charge on any atom is -0.490 e. The maximum absolute atomic E-state index is 8.51. The van der Waals surface area contributed by atoms with Gasteiger partial charge < -0.3 is 14.7 Å². The van der Waals surface area contributed by atoms with E-state index < -0.39 is 0 Å². The summed E-state index contributed by atoms with van der Waals surface area (Å²) in [5.41, 5.74) is 0.731. The van der Waals surface area contributed by atoms with Crippen LogP contribution in [0.5, 0.6) is 11.5 Å². The van der Waals surface area contributed by atoms with E-state index in [4.69, 9.17) is 14.7 Å². The van der Waals surface area contributed by atoms with Crippen LogP contribution in [0.25, 0.3) is 0 Å². The summed E-state index contributed by atoms with van der Waals surface area (Å²) in [7, 11) is 0. The van der Waals surface area contributed by atoms with E-state index >= 15 is 0 Å². The zero-order valence-electron chi connectivity index (χ0n) is 9.24. The molecule has 0 aromatic heterocycles. The first-order valence-electron chi connectivity index (χ1n) is 4.99. The van der Waals surface area contributed by atoms with Gasteiger partial charge in [0.25, 0.3) is 0 Å². The van der Waals surface area contributed by atoms with Crippen molar-refractivity contribution in [2.24, 2.45) is 5.16 Å².